The van der Waals surface area contributed by atoms with Crippen LogP contribution < -0.4 is 0 Å². The Balaban J connectivity index is 2.32. The quantitative estimate of drug-likeness (QED) is 0.446. The van der Waals surface area contributed by atoms with Gasteiger partial charge in [-0.25, -0.2) is 0 Å². The third-order valence-corrected chi connectivity index (χ3v) is 4.18. The molecule has 0 spiro atoms. The topological polar surface area (TPSA) is 9.23 Å². The molecule has 1 aliphatic carbocycles. The molecule has 1 fully saturated rings. The predicted molar refractivity (Wildman–Crippen MR) is 67.0 cm³/mol. The molecule has 2 rings (SSSR count). The van der Waals surface area contributed by atoms with Gasteiger partial charge in [0.2, 0.25) is 0 Å². The first-order valence-corrected chi connectivity index (χ1v) is 6.21. The molecule has 3 atom stereocenters. The van der Waals surface area contributed by atoms with Crippen LogP contribution in [0.25, 0.3) is 0 Å². The average molecular weight is 218 g/mol. The van der Waals surface area contributed by atoms with Crippen molar-refractivity contribution in [1.29, 1.82) is 0 Å². The Morgan fingerprint density at radius 1 is 1.44 bits per heavy atom. The smallest absolute Gasteiger partial charge is 0.126 e. The number of allylic oxidation sites excluding steroid dienone is 2. The Kier molecular flexibility index (Phi) is 2.67. The van der Waals surface area contributed by atoms with Gasteiger partial charge in [-0.05, 0) is 58.8 Å². The highest BCUT2D eigenvalue weighted by Gasteiger charge is 2.48. The minimum absolute atomic E-state index is 0.0960. The van der Waals surface area contributed by atoms with E-state index >= 15 is 0 Å². The van der Waals surface area contributed by atoms with Gasteiger partial charge in [0, 0.05) is 0 Å². The highest BCUT2D eigenvalue weighted by Crippen LogP contribution is 2.48. The second-order valence-corrected chi connectivity index (χ2v) is 6.11. The zero-order valence-electron chi connectivity index (χ0n) is 10.8. The van der Waals surface area contributed by atoms with Gasteiger partial charge in [-0.15, -0.1) is 6.42 Å². The largest absolute Gasteiger partial charge is 0.356 e. The van der Waals surface area contributed by atoms with Crippen molar-refractivity contribution in [2.75, 3.05) is 0 Å². The van der Waals surface area contributed by atoms with E-state index in [1.807, 2.05) is 6.92 Å². The standard InChI is InChI=1S/C15H22O/c1-6-15(5)10-12-9-11(2)7-8-13(12)14(3,4)16-15/h1,9,12-13H,7-8,10H2,2-5H3/t12-,13-,15+/m1/s1. The van der Waals surface area contributed by atoms with Crippen molar-refractivity contribution >= 4 is 0 Å². The van der Waals surface area contributed by atoms with E-state index in [1.165, 1.54) is 18.4 Å². The average Bonchev–Trinajstić information content (AvgIpc) is 2.15. The summed E-state index contributed by atoms with van der Waals surface area (Å²) < 4.78 is 6.15. The summed E-state index contributed by atoms with van der Waals surface area (Å²) in [6.45, 7) is 8.65. The van der Waals surface area contributed by atoms with Crippen molar-refractivity contribution in [3.8, 4) is 12.3 Å². The van der Waals surface area contributed by atoms with Crippen LogP contribution >= 0.6 is 0 Å². The maximum atomic E-state index is 6.15. The second-order valence-electron chi connectivity index (χ2n) is 6.11. The molecule has 0 unspecified atom stereocenters. The summed E-state index contributed by atoms with van der Waals surface area (Å²) in [5.74, 6) is 4.05. The molecule has 1 heteroatoms. The number of hydrogen-bond donors (Lipinski definition) is 0. The molecule has 88 valence electrons. The minimum atomic E-state index is -0.390. The fourth-order valence-corrected chi connectivity index (χ4v) is 3.46. The lowest BCUT2D eigenvalue weighted by atomic mass is 9.66. The van der Waals surface area contributed by atoms with Gasteiger partial charge in [0.05, 0.1) is 5.60 Å². The fraction of sp³-hybridized carbons (Fsp3) is 0.733. The number of hydrogen-bond acceptors (Lipinski definition) is 1. The van der Waals surface area contributed by atoms with Crippen molar-refractivity contribution in [3.05, 3.63) is 11.6 Å². The lowest BCUT2D eigenvalue weighted by Gasteiger charge is -2.51. The molecule has 0 saturated carbocycles. The first-order chi connectivity index (χ1) is 7.36. The first-order valence-electron chi connectivity index (χ1n) is 6.21. The normalized spacial score (nSPS) is 41.8. The third-order valence-electron chi connectivity index (χ3n) is 4.18. The van der Waals surface area contributed by atoms with Gasteiger partial charge in [-0.3, -0.25) is 0 Å². The van der Waals surface area contributed by atoms with Crippen LogP contribution in [-0.2, 0) is 4.74 Å². The second kappa shape index (κ2) is 3.64. The number of ether oxygens (including phenoxy) is 1. The highest BCUT2D eigenvalue weighted by atomic mass is 16.5. The van der Waals surface area contributed by atoms with Gasteiger partial charge in [0.15, 0.2) is 0 Å². The summed E-state index contributed by atoms with van der Waals surface area (Å²) in [5, 5.41) is 0. The maximum Gasteiger partial charge on any atom is 0.126 e. The molecule has 16 heavy (non-hydrogen) atoms. The summed E-state index contributed by atoms with van der Waals surface area (Å²) in [7, 11) is 0. The molecule has 1 saturated heterocycles. The van der Waals surface area contributed by atoms with Crippen LogP contribution in [0.4, 0.5) is 0 Å². The molecule has 0 bridgehead atoms. The van der Waals surface area contributed by atoms with Crippen LogP contribution in [0.3, 0.4) is 0 Å². The molecule has 1 aliphatic heterocycles. The van der Waals surface area contributed by atoms with Crippen LogP contribution in [0.1, 0.15) is 47.0 Å². The van der Waals surface area contributed by atoms with Crippen LogP contribution in [0.5, 0.6) is 0 Å². The lowest BCUT2D eigenvalue weighted by Crippen LogP contribution is -2.53. The zero-order chi connectivity index (χ0) is 12.0. The van der Waals surface area contributed by atoms with Crippen LogP contribution in [0.15, 0.2) is 11.6 Å². The van der Waals surface area contributed by atoms with Gasteiger partial charge in [-0.1, -0.05) is 17.6 Å². The van der Waals surface area contributed by atoms with Crippen molar-refractivity contribution in [3.63, 3.8) is 0 Å². The van der Waals surface area contributed by atoms with Gasteiger partial charge in [0.25, 0.3) is 0 Å². The predicted octanol–water partition coefficient (Wildman–Crippen LogP) is 3.55. The summed E-state index contributed by atoms with van der Waals surface area (Å²) in [6, 6.07) is 0. The van der Waals surface area contributed by atoms with Gasteiger partial charge in [-0.2, -0.15) is 0 Å². The Hall–Kier alpha value is -0.740. The Bertz CT molecular complexity index is 358. The van der Waals surface area contributed by atoms with E-state index in [-0.39, 0.29) is 5.60 Å². The molecule has 0 radical (unpaired) electrons. The number of fused-ring (bicyclic) bond motifs is 1. The third kappa shape index (κ3) is 1.92. The molecule has 0 aromatic carbocycles. The van der Waals surface area contributed by atoms with Crippen LogP contribution in [0, 0.1) is 24.2 Å². The molecule has 2 aliphatic rings. The van der Waals surface area contributed by atoms with Crippen molar-refractivity contribution in [2.24, 2.45) is 11.8 Å². The molecule has 1 heterocycles. The van der Waals surface area contributed by atoms with E-state index in [2.05, 4.69) is 32.8 Å². The molecule has 0 aromatic rings. The summed E-state index contributed by atoms with van der Waals surface area (Å²) in [5.41, 5.74) is 1.03. The lowest BCUT2D eigenvalue weighted by molar-refractivity contribution is -0.184. The molecule has 0 aromatic heterocycles. The van der Waals surface area contributed by atoms with E-state index in [4.69, 9.17) is 11.2 Å². The first kappa shape index (κ1) is 11.7. The number of terminal acetylenes is 1. The van der Waals surface area contributed by atoms with E-state index in [1.54, 1.807) is 0 Å². The molecule has 0 N–H and O–H groups in total. The zero-order valence-corrected chi connectivity index (χ0v) is 10.8. The SMILES string of the molecule is C#C[C@@]1(C)C[C@H]2C=C(C)CC[C@H]2C(C)(C)O1. The van der Waals surface area contributed by atoms with E-state index in [0.717, 1.165) is 6.42 Å². The van der Waals surface area contributed by atoms with Crippen molar-refractivity contribution in [1.82, 2.24) is 0 Å². The van der Waals surface area contributed by atoms with Gasteiger partial charge >= 0.3 is 0 Å². The highest BCUT2D eigenvalue weighted by molar-refractivity contribution is 5.18. The Morgan fingerprint density at radius 2 is 2.12 bits per heavy atom. The minimum Gasteiger partial charge on any atom is -0.356 e. The van der Waals surface area contributed by atoms with Gasteiger partial charge in [0.1, 0.15) is 5.60 Å². The Morgan fingerprint density at radius 3 is 2.75 bits per heavy atom. The van der Waals surface area contributed by atoms with E-state index in [9.17, 15) is 0 Å². The summed E-state index contributed by atoms with van der Waals surface area (Å²) in [6.07, 6.45) is 11.5. The molecular formula is C15H22O. The monoisotopic (exact) mass is 218 g/mol. The van der Waals surface area contributed by atoms with E-state index in [0.29, 0.717) is 11.8 Å². The summed E-state index contributed by atoms with van der Waals surface area (Å²) in [4.78, 5) is 0. The van der Waals surface area contributed by atoms with Crippen LogP contribution in [0.2, 0.25) is 0 Å². The Labute approximate surface area is 99.3 Å². The molecule has 1 nitrogen and oxygen atoms in total. The van der Waals surface area contributed by atoms with E-state index < -0.39 is 5.60 Å². The summed E-state index contributed by atoms with van der Waals surface area (Å²) >= 11 is 0. The number of rotatable bonds is 0. The maximum absolute atomic E-state index is 6.15. The van der Waals surface area contributed by atoms with Gasteiger partial charge < -0.3 is 4.74 Å². The van der Waals surface area contributed by atoms with Crippen LogP contribution in [-0.4, -0.2) is 11.2 Å². The fourth-order valence-electron chi connectivity index (χ4n) is 3.46. The van der Waals surface area contributed by atoms with Crippen molar-refractivity contribution in [2.45, 2.75) is 58.2 Å². The van der Waals surface area contributed by atoms with Crippen molar-refractivity contribution < 1.29 is 4.74 Å². The molecular weight excluding hydrogens is 196 g/mol. The molecule has 0 amide bonds.